The largest absolute Gasteiger partial charge is 1.00 e. The molecule has 0 aliphatic rings. The molecule has 0 saturated heterocycles. The first-order valence-electron chi connectivity index (χ1n) is 21.0. The number of oxazole rings is 2. The Labute approximate surface area is 451 Å². The summed E-state index contributed by atoms with van der Waals surface area (Å²) in [4.78, 5) is 8.90. The van der Waals surface area contributed by atoms with E-state index in [2.05, 4.69) is 82.8 Å². The monoisotopic (exact) mass is 976 g/mol. The van der Waals surface area contributed by atoms with Gasteiger partial charge < -0.3 is 13.4 Å². The van der Waals surface area contributed by atoms with Crippen LogP contribution in [0.2, 0.25) is 0 Å². The van der Waals surface area contributed by atoms with Crippen molar-refractivity contribution >= 4 is 79.4 Å². The molecule has 0 fully saturated rings. The van der Waals surface area contributed by atoms with Crippen molar-refractivity contribution in [1.82, 2.24) is 9.97 Å². The second kappa shape index (κ2) is 25.3. The van der Waals surface area contributed by atoms with Gasteiger partial charge in [0.25, 0.3) is 0 Å². The van der Waals surface area contributed by atoms with Crippen molar-refractivity contribution in [3.8, 4) is 34.0 Å². The van der Waals surface area contributed by atoms with Gasteiger partial charge in [-0.1, -0.05) is 146 Å². The number of rotatable bonds is 10. The molecule has 0 bridgehead atoms. The predicted molar refractivity (Wildman–Crippen MR) is 267 cm³/mol. The molecule has 0 aliphatic carbocycles. The van der Waals surface area contributed by atoms with E-state index < -0.39 is 20.7 Å². The number of fused-ring (bicyclic) bond motifs is 2. The van der Waals surface area contributed by atoms with Crippen LogP contribution in [0.5, 0.6) is 0 Å². The van der Waals surface area contributed by atoms with E-state index in [1.165, 1.54) is 12.1 Å². The van der Waals surface area contributed by atoms with Gasteiger partial charge in [-0.3, -0.25) is 0 Å². The Morgan fingerprint density at radius 3 is 1.23 bits per heavy atom. The number of nitrogens with zero attached hydrogens (tertiary/aromatic N) is 2. The van der Waals surface area contributed by atoms with Crippen molar-refractivity contribution in [1.29, 1.82) is 0 Å². The Balaban J connectivity index is 0.000000208. The zero-order valence-corrected chi connectivity index (χ0v) is 43.5. The molecule has 0 amide bonds. The molecular formula is C56H38N2Na2O8S2. The average molecular weight is 977 g/mol. The molecule has 0 atom stereocenters. The van der Waals surface area contributed by atoms with Gasteiger partial charge in [0.15, 0.2) is 11.2 Å². The molecular weight excluding hydrogens is 939 g/mol. The molecule has 8 aromatic carbocycles. The standard InChI is InChI=1S/C28H18N2O2.C28H21O3S.2Na.O3S/c1-3-7-25-23(5-1)29-27(31-25)21-15-11-19(12-16-21)9-10-20-13-17-22(18-14-20)28-30-24-6-2-4-8-26(24)32-28;29-32(30,31)28-9-5-4-8-27(28)21-16-24-14-19-26(20-15-24)25-17-12-23(13-18-25)11-10-22-6-2-1-3-7-22;;;1-4(2)3/h1-18H;1-6,8-21H,(H,29,30,31);;;/q;-1;2*+1;/p-1/b10-9+;;;;. The third-order valence-corrected chi connectivity index (χ3v) is 11.3. The van der Waals surface area contributed by atoms with E-state index in [1.807, 2.05) is 127 Å². The van der Waals surface area contributed by atoms with Crippen LogP contribution in [0.3, 0.4) is 0 Å². The van der Waals surface area contributed by atoms with Crippen LogP contribution in [0.1, 0.15) is 33.4 Å². The van der Waals surface area contributed by atoms with E-state index in [0.717, 1.165) is 72.3 Å². The summed E-state index contributed by atoms with van der Waals surface area (Å²) in [5.74, 6) is 1.27. The molecule has 334 valence electrons. The molecule has 0 aliphatic heterocycles. The quantitative estimate of drug-likeness (QED) is 0.0612. The second-order valence-electron chi connectivity index (χ2n) is 15.0. The number of para-hydroxylation sites is 4. The summed E-state index contributed by atoms with van der Waals surface area (Å²) >= 11 is 0. The summed E-state index contributed by atoms with van der Waals surface area (Å²) in [5, 5.41) is 0. The van der Waals surface area contributed by atoms with E-state index in [0.29, 0.717) is 17.3 Å². The van der Waals surface area contributed by atoms with Crippen molar-refractivity contribution in [2.45, 2.75) is 4.90 Å². The summed E-state index contributed by atoms with van der Waals surface area (Å²) in [6, 6.07) is 65.4. The van der Waals surface area contributed by atoms with Gasteiger partial charge in [-0.2, -0.15) is 5.56 Å². The minimum absolute atomic E-state index is 0. The Hall–Kier alpha value is -6.55. The van der Waals surface area contributed by atoms with Crippen molar-refractivity contribution in [2.24, 2.45) is 0 Å². The molecule has 0 unspecified atom stereocenters. The molecule has 14 heteroatoms. The molecule has 10 rings (SSSR count). The van der Waals surface area contributed by atoms with Crippen molar-refractivity contribution in [3.63, 3.8) is 0 Å². The van der Waals surface area contributed by atoms with Crippen LogP contribution in [0.15, 0.2) is 208 Å². The smallest absolute Gasteiger partial charge is 0.744 e. The number of hydrogen-bond acceptors (Lipinski definition) is 10. The van der Waals surface area contributed by atoms with Crippen LogP contribution in [-0.4, -0.2) is 35.6 Å². The van der Waals surface area contributed by atoms with Gasteiger partial charge in [0.2, 0.25) is 11.8 Å². The maximum absolute atomic E-state index is 11.4. The summed E-state index contributed by atoms with van der Waals surface area (Å²) < 4.78 is 71.3. The fourth-order valence-corrected chi connectivity index (χ4v) is 7.63. The Morgan fingerprint density at radius 2 is 0.814 bits per heavy atom. The maximum Gasteiger partial charge on any atom is 1.00 e. The summed E-state index contributed by atoms with van der Waals surface area (Å²) in [5.41, 5.74) is 13.1. The van der Waals surface area contributed by atoms with Crippen LogP contribution < -0.4 is 59.1 Å². The van der Waals surface area contributed by atoms with Gasteiger partial charge in [0.1, 0.15) is 21.2 Å². The van der Waals surface area contributed by atoms with E-state index in [9.17, 15) is 13.0 Å². The Bertz CT molecular complexity index is 3440. The van der Waals surface area contributed by atoms with Gasteiger partial charge in [-0.15, -0.1) is 49.0 Å². The van der Waals surface area contributed by atoms with Crippen molar-refractivity contribution in [2.75, 3.05) is 0 Å². The van der Waals surface area contributed by atoms with Gasteiger partial charge in [-0.05, 0) is 93.5 Å². The molecule has 0 saturated carbocycles. The molecule has 0 radical (unpaired) electrons. The summed E-state index contributed by atoms with van der Waals surface area (Å²) in [6.07, 6.45) is 11.7. The van der Waals surface area contributed by atoms with E-state index >= 15 is 0 Å². The fraction of sp³-hybridized carbons (Fsp3) is 0. The van der Waals surface area contributed by atoms with Crippen molar-refractivity contribution in [3.05, 3.63) is 234 Å². The average Bonchev–Trinajstić information content (AvgIpc) is 4.01. The van der Waals surface area contributed by atoms with Gasteiger partial charge in [-0.25, -0.2) is 18.4 Å². The van der Waals surface area contributed by atoms with Gasteiger partial charge in [0, 0.05) is 11.1 Å². The minimum Gasteiger partial charge on any atom is -0.744 e. The van der Waals surface area contributed by atoms with Crippen LogP contribution in [-0.2, 0) is 20.7 Å². The SMILES string of the molecule is C(=C\c1ccc(-c2nc3ccccc3o2)cc1)/c1ccc(-c2nc3ccccc3o2)cc1.O=S(=O)([O-])c1ccccc1C=Cc1ccc(-c2ccc(C=Cc3[c-]cccc3)cc2)cc1.O=S(=O)=O.[Na+].[Na+]. The van der Waals surface area contributed by atoms with Crippen molar-refractivity contribution < 1.29 is 93.5 Å². The minimum atomic E-state index is -4.51. The van der Waals surface area contributed by atoms with Crippen LogP contribution in [0.25, 0.3) is 92.7 Å². The topological polar surface area (TPSA) is 160 Å². The molecule has 0 spiro atoms. The Kier molecular flexibility index (Phi) is 19.1. The molecule has 10 nitrogen and oxygen atoms in total. The molecule has 2 aromatic heterocycles. The predicted octanol–water partition coefficient (Wildman–Crippen LogP) is 6.88. The van der Waals surface area contributed by atoms with E-state index in [4.69, 9.17) is 21.5 Å². The molecule has 2 heterocycles. The second-order valence-corrected chi connectivity index (χ2v) is 16.7. The fourth-order valence-electron chi connectivity index (χ4n) is 6.96. The number of aromatic nitrogens is 2. The molecule has 10 aromatic rings. The normalized spacial score (nSPS) is 11.1. The third kappa shape index (κ3) is 14.7. The van der Waals surface area contributed by atoms with Crippen LogP contribution in [0.4, 0.5) is 0 Å². The van der Waals surface area contributed by atoms with Gasteiger partial charge >= 0.3 is 69.7 Å². The number of benzene rings is 8. The van der Waals surface area contributed by atoms with Crippen LogP contribution >= 0.6 is 0 Å². The Morgan fingerprint density at radius 1 is 0.443 bits per heavy atom. The van der Waals surface area contributed by atoms with E-state index in [1.54, 1.807) is 24.3 Å². The first kappa shape index (κ1) is 52.8. The zero-order valence-electron chi connectivity index (χ0n) is 37.9. The number of hydrogen-bond donors (Lipinski definition) is 0. The first-order chi connectivity index (χ1) is 33.0. The molecule has 70 heavy (non-hydrogen) atoms. The summed E-state index contributed by atoms with van der Waals surface area (Å²) in [6.45, 7) is 0. The van der Waals surface area contributed by atoms with E-state index in [-0.39, 0.29) is 64.0 Å². The van der Waals surface area contributed by atoms with Crippen LogP contribution in [0, 0.1) is 6.07 Å². The zero-order chi connectivity index (χ0) is 47.3. The summed E-state index contributed by atoms with van der Waals surface area (Å²) in [7, 11) is -7.62. The molecule has 0 N–H and O–H groups in total. The third-order valence-electron chi connectivity index (χ3n) is 10.4. The van der Waals surface area contributed by atoms with Gasteiger partial charge in [0.05, 0.1) is 4.90 Å². The maximum atomic E-state index is 11.4. The first-order valence-corrected chi connectivity index (χ1v) is 23.4.